The van der Waals surface area contributed by atoms with E-state index in [2.05, 4.69) is 20.2 Å². The van der Waals surface area contributed by atoms with Gasteiger partial charge in [0.2, 0.25) is 0 Å². The summed E-state index contributed by atoms with van der Waals surface area (Å²) >= 11 is 0. The molecule has 0 radical (unpaired) electrons. The van der Waals surface area contributed by atoms with Gasteiger partial charge in [-0.2, -0.15) is 18.3 Å². The third-order valence-electron chi connectivity index (χ3n) is 5.55. The number of nitrogens with zero attached hydrogens (tertiary/aromatic N) is 4. The van der Waals surface area contributed by atoms with Crippen LogP contribution in [-0.2, 0) is 6.18 Å². The van der Waals surface area contributed by atoms with Crippen molar-refractivity contribution in [3.8, 4) is 11.4 Å². The molecule has 1 aliphatic rings. The first kappa shape index (κ1) is 21.5. The van der Waals surface area contributed by atoms with Crippen LogP contribution in [0.15, 0.2) is 30.5 Å². The summed E-state index contributed by atoms with van der Waals surface area (Å²) < 4.78 is 56.7. The number of halogens is 4. The number of H-pyrrole nitrogens is 1. The van der Waals surface area contributed by atoms with Gasteiger partial charge in [-0.05, 0) is 43.0 Å². The Balaban J connectivity index is 1.78. The molecule has 0 saturated carbocycles. The molecule has 31 heavy (non-hydrogen) atoms. The monoisotopic (exact) mass is 437 g/mol. The number of piperidine rings is 1. The maximum atomic E-state index is 15.5. The lowest BCUT2D eigenvalue weighted by Crippen LogP contribution is -2.55. The Morgan fingerprint density at radius 1 is 1.29 bits per heavy atom. The van der Waals surface area contributed by atoms with Crippen molar-refractivity contribution in [1.82, 2.24) is 20.2 Å². The lowest BCUT2D eigenvalue weighted by Gasteiger charge is -2.42. The van der Waals surface area contributed by atoms with E-state index in [1.165, 1.54) is 12.3 Å². The average Bonchev–Trinajstić information content (AvgIpc) is 3.12. The molecule has 3 aromatic rings. The van der Waals surface area contributed by atoms with Crippen molar-refractivity contribution >= 4 is 16.9 Å². The zero-order valence-electron chi connectivity index (χ0n) is 17.1. The molecular weight excluding hydrogens is 414 g/mol. The topological polar surface area (TPSA) is 77.9 Å². The van der Waals surface area contributed by atoms with E-state index in [1.54, 1.807) is 17.0 Å². The lowest BCUT2D eigenvalue weighted by molar-refractivity contribution is -0.137. The van der Waals surface area contributed by atoms with Gasteiger partial charge in [-0.1, -0.05) is 13.8 Å². The molecule has 1 aliphatic heterocycles. The maximum absolute atomic E-state index is 15.5. The molecule has 0 aromatic carbocycles. The summed E-state index contributed by atoms with van der Waals surface area (Å²) in [5, 5.41) is 17.2. The zero-order valence-corrected chi connectivity index (χ0v) is 17.1. The van der Waals surface area contributed by atoms with E-state index >= 15 is 4.39 Å². The van der Waals surface area contributed by atoms with Crippen molar-refractivity contribution < 1.29 is 22.7 Å². The van der Waals surface area contributed by atoms with E-state index in [1.807, 2.05) is 13.8 Å². The Labute approximate surface area is 176 Å². The van der Waals surface area contributed by atoms with Crippen molar-refractivity contribution in [1.29, 1.82) is 0 Å². The van der Waals surface area contributed by atoms with Crippen LogP contribution in [0.3, 0.4) is 0 Å². The minimum absolute atomic E-state index is 0.0135. The van der Waals surface area contributed by atoms with Gasteiger partial charge in [-0.3, -0.25) is 5.10 Å². The van der Waals surface area contributed by atoms with Gasteiger partial charge >= 0.3 is 6.18 Å². The first-order chi connectivity index (χ1) is 14.6. The first-order valence-corrected chi connectivity index (χ1v) is 10.1. The minimum atomic E-state index is -4.64. The highest BCUT2D eigenvalue weighted by atomic mass is 19.4. The first-order valence-electron chi connectivity index (χ1n) is 10.1. The van der Waals surface area contributed by atoms with Gasteiger partial charge in [-0.25, -0.2) is 14.4 Å². The number of aromatic amines is 1. The van der Waals surface area contributed by atoms with Crippen LogP contribution in [0.25, 0.3) is 22.4 Å². The van der Waals surface area contributed by atoms with Crippen LogP contribution in [0.5, 0.6) is 0 Å². The normalized spacial score (nSPS) is 22.5. The molecule has 0 bridgehead atoms. The predicted molar refractivity (Wildman–Crippen MR) is 108 cm³/mol. The molecule has 0 amide bonds. The molecule has 4 rings (SSSR count). The second-order valence-electron chi connectivity index (χ2n) is 8.40. The second kappa shape index (κ2) is 7.74. The van der Waals surface area contributed by atoms with Crippen molar-refractivity contribution in [3.63, 3.8) is 0 Å². The fourth-order valence-corrected chi connectivity index (χ4v) is 4.19. The zero-order chi connectivity index (χ0) is 22.4. The number of anilines is 1. The van der Waals surface area contributed by atoms with E-state index in [4.69, 9.17) is 0 Å². The van der Waals surface area contributed by atoms with Crippen LogP contribution in [-0.4, -0.2) is 50.1 Å². The average molecular weight is 437 g/mol. The standard InChI is InChI=1S/C21H23F4N5O/c1-12(2)10-20(22)11-30(9-7-15(20)31)16-6-5-14(21(23,24)25)18(27-16)17-13-4-3-8-26-19(13)29-28-17/h3-6,8,12,15,31H,7,9-11H2,1-2H3,(H,26,28,29)/t15-,20-/m0/s1. The largest absolute Gasteiger partial charge is 0.418 e. The highest BCUT2D eigenvalue weighted by Crippen LogP contribution is 2.40. The number of hydrogen-bond donors (Lipinski definition) is 2. The van der Waals surface area contributed by atoms with Crippen molar-refractivity contribution in [2.75, 3.05) is 18.0 Å². The minimum Gasteiger partial charge on any atom is -0.390 e. The Hall–Kier alpha value is -2.75. The molecule has 10 heteroatoms. The van der Waals surface area contributed by atoms with Crippen LogP contribution in [0.4, 0.5) is 23.4 Å². The van der Waals surface area contributed by atoms with Crippen LogP contribution in [0.2, 0.25) is 0 Å². The van der Waals surface area contributed by atoms with Crippen LogP contribution < -0.4 is 4.90 Å². The van der Waals surface area contributed by atoms with Gasteiger partial charge in [0.1, 0.15) is 11.5 Å². The molecule has 0 unspecified atom stereocenters. The summed E-state index contributed by atoms with van der Waals surface area (Å²) in [6, 6.07) is 5.42. The number of pyridine rings is 2. The number of aliphatic hydroxyl groups is 1. The Kier molecular flexibility index (Phi) is 5.36. The molecule has 2 N–H and O–H groups in total. The summed E-state index contributed by atoms with van der Waals surface area (Å²) in [5.41, 5.74) is -2.72. The summed E-state index contributed by atoms with van der Waals surface area (Å²) in [7, 11) is 0. The molecule has 2 atom stereocenters. The maximum Gasteiger partial charge on any atom is 0.418 e. The molecule has 166 valence electrons. The Bertz CT molecular complexity index is 1080. The van der Waals surface area contributed by atoms with E-state index in [0.717, 1.165) is 6.07 Å². The number of nitrogens with one attached hydrogen (secondary N) is 1. The fourth-order valence-electron chi connectivity index (χ4n) is 4.19. The van der Waals surface area contributed by atoms with Gasteiger partial charge in [0, 0.05) is 18.1 Å². The molecule has 1 fully saturated rings. The summed E-state index contributed by atoms with van der Waals surface area (Å²) in [5.74, 6) is 0.229. The van der Waals surface area contributed by atoms with Crippen LogP contribution in [0, 0.1) is 5.92 Å². The lowest BCUT2D eigenvalue weighted by atomic mass is 9.84. The number of alkyl halides is 4. The van der Waals surface area contributed by atoms with Crippen molar-refractivity contribution in [2.45, 2.75) is 44.6 Å². The molecule has 4 heterocycles. The number of hydrogen-bond acceptors (Lipinski definition) is 5. The highest BCUT2D eigenvalue weighted by Gasteiger charge is 2.44. The molecule has 1 saturated heterocycles. The van der Waals surface area contributed by atoms with Crippen molar-refractivity contribution in [2.24, 2.45) is 5.92 Å². The van der Waals surface area contributed by atoms with Gasteiger partial charge in [0.05, 0.1) is 23.9 Å². The number of aliphatic hydroxyl groups excluding tert-OH is 1. The third-order valence-corrected chi connectivity index (χ3v) is 5.55. The SMILES string of the molecule is CC(C)C[C@]1(F)CN(c2ccc(C(F)(F)F)c(-c3[nH]nc4ncccc34)n2)CC[C@@H]1O. The van der Waals surface area contributed by atoms with Gasteiger partial charge in [0.25, 0.3) is 0 Å². The van der Waals surface area contributed by atoms with Gasteiger partial charge in [0.15, 0.2) is 11.3 Å². The Morgan fingerprint density at radius 3 is 2.77 bits per heavy atom. The second-order valence-corrected chi connectivity index (χ2v) is 8.40. The highest BCUT2D eigenvalue weighted by molar-refractivity contribution is 5.90. The number of aromatic nitrogens is 4. The summed E-state index contributed by atoms with van der Waals surface area (Å²) in [6.07, 6.45) is -3.95. The molecule has 3 aromatic heterocycles. The summed E-state index contributed by atoms with van der Waals surface area (Å²) in [6.45, 7) is 3.86. The molecule has 6 nitrogen and oxygen atoms in total. The van der Waals surface area contributed by atoms with Gasteiger partial charge < -0.3 is 10.0 Å². The predicted octanol–water partition coefficient (Wildman–Crippen LogP) is 4.36. The van der Waals surface area contributed by atoms with E-state index in [9.17, 15) is 18.3 Å². The molecular formula is C21H23F4N5O. The third kappa shape index (κ3) is 4.08. The Morgan fingerprint density at radius 2 is 2.06 bits per heavy atom. The van der Waals surface area contributed by atoms with E-state index < -0.39 is 23.5 Å². The van der Waals surface area contributed by atoms with E-state index in [-0.39, 0.29) is 54.7 Å². The molecule has 0 aliphatic carbocycles. The number of fused-ring (bicyclic) bond motifs is 1. The smallest absolute Gasteiger partial charge is 0.390 e. The van der Waals surface area contributed by atoms with Crippen LogP contribution in [0.1, 0.15) is 32.3 Å². The van der Waals surface area contributed by atoms with Crippen molar-refractivity contribution in [3.05, 3.63) is 36.0 Å². The summed E-state index contributed by atoms with van der Waals surface area (Å²) in [4.78, 5) is 9.92. The molecule has 0 spiro atoms. The van der Waals surface area contributed by atoms with Crippen LogP contribution >= 0.6 is 0 Å². The quantitative estimate of drug-likeness (QED) is 0.593. The number of rotatable bonds is 4. The fraction of sp³-hybridized carbons (Fsp3) is 0.476. The van der Waals surface area contributed by atoms with E-state index in [0.29, 0.717) is 5.39 Å². The van der Waals surface area contributed by atoms with Gasteiger partial charge in [-0.15, -0.1) is 0 Å².